The van der Waals surface area contributed by atoms with E-state index in [0.717, 1.165) is 0 Å². The second-order valence-electron chi connectivity index (χ2n) is 5.35. The lowest BCUT2D eigenvalue weighted by molar-refractivity contribution is -0.142. The zero-order valence-electron chi connectivity index (χ0n) is 12.4. The molecule has 0 aromatic heterocycles. The molecule has 2 amide bonds. The third kappa shape index (κ3) is 7.00. The van der Waals surface area contributed by atoms with Crippen LogP contribution in [-0.2, 0) is 9.53 Å². The van der Waals surface area contributed by atoms with Crippen LogP contribution in [0.4, 0.5) is 4.79 Å². The standard InChI is InChI=1S/C13H26N2O4/c1-8(2)10(12(16)17)6-14-13(18)15-11(7-19-5)9(3)4/h8-11H,6-7H2,1-5H3,(H,16,17)(H2,14,15,18). The van der Waals surface area contributed by atoms with Crippen molar-refractivity contribution in [3.8, 4) is 0 Å². The smallest absolute Gasteiger partial charge is 0.315 e. The first-order chi connectivity index (χ1) is 8.79. The summed E-state index contributed by atoms with van der Waals surface area (Å²) < 4.78 is 5.03. The van der Waals surface area contributed by atoms with E-state index in [4.69, 9.17) is 9.84 Å². The van der Waals surface area contributed by atoms with Crippen LogP contribution in [0.2, 0.25) is 0 Å². The van der Waals surface area contributed by atoms with E-state index < -0.39 is 11.9 Å². The Bertz CT molecular complexity index is 292. The molecule has 0 aromatic rings. The fourth-order valence-corrected chi connectivity index (χ4v) is 1.61. The van der Waals surface area contributed by atoms with Crippen molar-refractivity contribution in [2.45, 2.75) is 33.7 Å². The summed E-state index contributed by atoms with van der Waals surface area (Å²) in [5, 5.41) is 14.4. The normalized spacial score (nSPS) is 14.3. The van der Waals surface area contributed by atoms with Gasteiger partial charge in [-0.15, -0.1) is 0 Å². The summed E-state index contributed by atoms with van der Waals surface area (Å²) >= 11 is 0. The molecule has 0 fully saturated rings. The molecule has 2 atom stereocenters. The maximum Gasteiger partial charge on any atom is 0.315 e. The molecule has 3 N–H and O–H groups in total. The van der Waals surface area contributed by atoms with Gasteiger partial charge >= 0.3 is 12.0 Å². The molecule has 0 aliphatic heterocycles. The number of aliphatic carboxylic acids is 1. The highest BCUT2D eigenvalue weighted by Crippen LogP contribution is 2.09. The zero-order valence-corrected chi connectivity index (χ0v) is 12.4. The summed E-state index contributed by atoms with van der Waals surface area (Å²) in [6, 6.07) is -0.449. The van der Waals surface area contributed by atoms with Gasteiger partial charge < -0.3 is 20.5 Å². The van der Waals surface area contributed by atoms with Gasteiger partial charge in [-0.1, -0.05) is 27.7 Å². The van der Waals surface area contributed by atoms with Crippen molar-refractivity contribution in [1.82, 2.24) is 10.6 Å². The second kappa shape index (κ2) is 8.74. The average Bonchev–Trinajstić information content (AvgIpc) is 2.27. The number of hydrogen-bond donors (Lipinski definition) is 3. The molecule has 0 aromatic carbocycles. The fraction of sp³-hybridized carbons (Fsp3) is 0.846. The van der Waals surface area contributed by atoms with Gasteiger partial charge in [0.15, 0.2) is 0 Å². The fourth-order valence-electron chi connectivity index (χ4n) is 1.61. The topological polar surface area (TPSA) is 87.7 Å². The first-order valence-corrected chi connectivity index (χ1v) is 6.55. The average molecular weight is 274 g/mol. The van der Waals surface area contributed by atoms with Gasteiger partial charge in [-0.25, -0.2) is 4.79 Å². The van der Waals surface area contributed by atoms with Gasteiger partial charge in [-0.2, -0.15) is 0 Å². The minimum absolute atomic E-state index is 0.0299. The molecule has 0 saturated carbocycles. The molecule has 0 spiro atoms. The van der Waals surface area contributed by atoms with Crippen molar-refractivity contribution < 1.29 is 19.4 Å². The zero-order chi connectivity index (χ0) is 15.0. The minimum atomic E-state index is -0.896. The van der Waals surface area contributed by atoms with Gasteiger partial charge in [0, 0.05) is 13.7 Å². The molecule has 0 rings (SSSR count). The highest BCUT2D eigenvalue weighted by Gasteiger charge is 2.23. The third-order valence-electron chi connectivity index (χ3n) is 3.07. The van der Waals surface area contributed by atoms with E-state index in [0.29, 0.717) is 6.61 Å². The van der Waals surface area contributed by atoms with Crippen LogP contribution in [0.5, 0.6) is 0 Å². The molecule has 0 saturated heterocycles. The van der Waals surface area contributed by atoms with Gasteiger partial charge in [0.2, 0.25) is 0 Å². The molecule has 6 nitrogen and oxygen atoms in total. The van der Waals surface area contributed by atoms with Crippen molar-refractivity contribution >= 4 is 12.0 Å². The number of ether oxygens (including phenoxy) is 1. The van der Waals surface area contributed by atoms with Gasteiger partial charge in [0.25, 0.3) is 0 Å². The first kappa shape index (κ1) is 17.7. The number of amides is 2. The van der Waals surface area contributed by atoms with Crippen LogP contribution >= 0.6 is 0 Å². The number of urea groups is 1. The minimum Gasteiger partial charge on any atom is -0.481 e. The number of carboxylic acids is 1. The molecule has 0 radical (unpaired) electrons. The van der Waals surface area contributed by atoms with Gasteiger partial charge in [0.05, 0.1) is 18.6 Å². The van der Waals surface area contributed by atoms with Crippen molar-refractivity contribution in [1.29, 1.82) is 0 Å². The molecule has 2 unspecified atom stereocenters. The molecule has 0 bridgehead atoms. The number of carboxylic acid groups (broad SMARTS) is 1. The SMILES string of the molecule is COCC(NC(=O)NCC(C(=O)O)C(C)C)C(C)C. The summed E-state index contributed by atoms with van der Waals surface area (Å²) in [5.41, 5.74) is 0. The lowest BCUT2D eigenvalue weighted by Crippen LogP contribution is -2.48. The summed E-state index contributed by atoms with van der Waals surface area (Å²) in [7, 11) is 1.58. The van der Waals surface area contributed by atoms with E-state index in [9.17, 15) is 9.59 Å². The predicted molar refractivity (Wildman–Crippen MR) is 73.0 cm³/mol. The van der Waals surface area contributed by atoms with Crippen molar-refractivity contribution in [2.24, 2.45) is 17.8 Å². The molecule has 0 aliphatic carbocycles. The van der Waals surface area contributed by atoms with Crippen molar-refractivity contribution in [2.75, 3.05) is 20.3 Å². The van der Waals surface area contributed by atoms with Crippen molar-refractivity contribution in [3.63, 3.8) is 0 Å². The number of hydrogen-bond acceptors (Lipinski definition) is 3. The highest BCUT2D eigenvalue weighted by molar-refractivity contribution is 5.76. The lowest BCUT2D eigenvalue weighted by atomic mass is 9.96. The van der Waals surface area contributed by atoms with E-state index in [1.165, 1.54) is 0 Å². The molecular weight excluding hydrogens is 248 g/mol. The quantitative estimate of drug-likeness (QED) is 0.623. The van der Waals surface area contributed by atoms with Gasteiger partial charge in [0.1, 0.15) is 0 Å². The molecule has 6 heteroatoms. The molecule has 0 heterocycles. The second-order valence-corrected chi connectivity index (χ2v) is 5.35. The van der Waals surface area contributed by atoms with Crippen LogP contribution < -0.4 is 10.6 Å². The predicted octanol–water partition coefficient (Wildman–Crippen LogP) is 1.31. The van der Waals surface area contributed by atoms with E-state index in [1.807, 2.05) is 27.7 Å². The van der Waals surface area contributed by atoms with Gasteiger partial charge in [-0.3, -0.25) is 4.79 Å². The molecular formula is C13H26N2O4. The summed E-state index contributed by atoms with van der Waals surface area (Å²) in [4.78, 5) is 22.7. The lowest BCUT2D eigenvalue weighted by Gasteiger charge is -2.23. The Morgan fingerprint density at radius 3 is 2.11 bits per heavy atom. The van der Waals surface area contributed by atoms with Crippen LogP contribution in [0.3, 0.4) is 0 Å². The Labute approximate surface area is 114 Å². The number of nitrogens with one attached hydrogen (secondary N) is 2. The Balaban J connectivity index is 4.26. The van der Waals surface area contributed by atoms with E-state index in [-0.39, 0.29) is 30.5 Å². The highest BCUT2D eigenvalue weighted by atomic mass is 16.5. The Hall–Kier alpha value is -1.30. The Kier molecular flexibility index (Phi) is 8.14. The van der Waals surface area contributed by atoms with E-state index in [1.54, 1.807) is 7.11 Å². The monoisotopic (exact) mass is 274 g/mol. The van der Waals surface area contributed by atoms with Crippen LogP contribution in [0.1, 0.15) is 27.7 Å². The van der Waals surface area contributed by atoms with Crippen LogP contribution in [0, 0.1) is 17.8 Å². The van der Waals surface area contributed by atoms with E-state index >= 15 is 0 Å². The van der Waals surface area contributed by atoms with Crippen LogP contribution in [0.15, 0.2) is 0 Å². The summed E-state index contributed by atoms with van der Waals surface area (Å²) in [5.74, 6) is -1.26. The van der Waals surface area contributed by atoms with Crippen molar-refractivity contribution in [3.05, 3.63) is 0 Å². The maximum atomic E-state index is 11.7. The van der Waals surface area contributed by atoms with Gasteiger partial charge in [-0.05, 0) is 11.8 Å². The largest absolute Gasteiger partial charge is 0.481 e. The molecule has 19 heavy (non-hydrogen) atoms. The molecule has 0 aliphatic rings. The number of methoxy groups -OCH3 is 1. The number of rotatable bonds is 8. The molecule has 112 valence electrons. The third-order valence-corrected chi connectivity index (χ3v) is 3.07. The van der Waals surface area contributed by atoms with E-state index in [2.05, 4.69) is 10.6 Å². The number of carbonyl (C=O) groups excluding carboxylic acids is 1. The summed E-state index contributed by atoms with van der Waals surface area (Å²) in [6.07, 6.45) is 0. The Morgan fingerprint density at radius 1 is 1.16 bits per heavy atom. The summed E-state index contributed by atoms with van der Waals surface area (Å²) in [6.45, 7) is 8.16. The van der Waals surface area contributed by atoms with Crippen LogP contribution in [-0.4, -0.2) is 43.4 Å². The number of carbonyl (C=O) groups is 2. The Morgan fingerprint density at radius 2 is 1.74 bits per heavy atom. The maximum absolute atomic E-state index is 11.7. The van der Waals surface area contributed by atoms with Crippen LogP contribution in [0.25, 0.3) is 0 Å². The first-order valence-electron chi connectivity index (χ1n) is 6.55.